The van der Waals surface area contributed by atoms with Crippen LogP contribution >= 0.6 is 0 Å². The van der Waals surface area contributed by atoms with Gasteiger partial charge in [0.2, 0.25) is 0 Å². The molecule has 62 heavy (non-hydrogen) atoms. The number of ether oxygens (including phenoxy) is 14. The van der Waals surface area contributed by atoms with Crippen LogP contribution in [-0.4, -0.2) is 205 Å². The first kappa shape index (κ1) is 57.7. The third kappa shape index (κ3) is 42.4. The molecule has 0 fully saturated rings. The first-order valence-corrected chi connectivity index (χ1v) is 20.8. The van der Waals surface area contributed by atoms with Crippen molar-refractivity contribution >= 4 is 23.9 Å². The van der Waals surface area contributed by atoms with Crippen molar-refractivity contribution in [2.24, 2.45) is 0 Å². The number of carbonyl (C=O) groups is 4. The molecule has 0 aromatic carbocycles. The lowest BCUT2D eigenvalue weighted by Gasteiger charge is -2.22. The Balaban J connectivity index is 4.77. The molecule has 0 heterocycles. The highest BCUT2D eigenvalue weighted by atomic mass is 16.6. The molecule has 0 aliphatic heterocycles. The number of hydrogen-bond acceptors (Lipinski definition) is 20. The Hall–Kier alpha value is -4.28. The molecule has 0 unspecified atom stereocenters. The van der Waals surface area contributed by atoms with Crippen LogP contribution in [0.4, 0.5) is 0 Å². The molecule has 0 bridgehead atoms. The van der Waals surface area contributed by atoms with E-state index in [0.717, 1.165) is 0 Å². The number of carbonyl (C=O) groups excluding carboxylic acids is 4. The van der Waals surface area contributed by atoms with Gasteiger partial charge in [0.1, 0.15) is 52.9 Å². The third-order valence-corrected chi connectivity index (χ3v) is 7.82. The van der Waals surface area contributed by atoms with Crippen LogP contribution in [-0.2, 0) is 85.5 Å². The highest BCUT2D eigenvalue weighted by Gasteiger charge is 2.15. The maximum absolute atomic E-state index is 12.4. The van der Waals surface area contributed by atoms with Gasteiger partial charge in [-0.15, -0.1) is 0 Å². The molecule has 0 saturated heterocycles. The lowest BCUT2D eigenvalue weighted by Crippen LogP contribution is -2.33. The maximum atomic E-state index is 12.4. The summed E-state index contributed by atoms with van der Waals surface area (Å²) < 4.78 is 73.8. The molecule has 0 atom stereocenters. The van der Waals surface area contributed by atoms with Crippen LogP contribution in [0.1, 0.15) is 25.7 Å². The number of nitrogens with zero attached hydrogens (tertiary/aromatic N) is 2. The van der Waals surface area contributed by atoms with Crippen LogP contribution in [0.25, 0.3) is 0 Å². The SMILES string of the molecule is C=COCCOCCOC(=O)CCN(CCOCCOCCN(CCC(=O)OCCOCCOC=C)CCC(=O)OCCOCCOC=C)CCC(=O)OCCOCCOC=C. The molecule has 0 aromatic rings. The van der Waals surface area contributed by atoms with Crippen molar-refractivity contribution in [2.45, 2.75) is 25.7 Å². The average Bonchev–Trinajstić information content (AvgIpc) is 3.27. The minimum Gasteiger partial charge on any atom is -0.499 e. The first-order valence-electron chi connectivity index (χ1n) is 20.8. The van der Waals surface area contributed by atoms with Crippen molar-refractivity contribution in [1.29, 1.82) is 0 Å². The molecular weight excluding hydrogens is 820 g/mol. The minimum absolute atomic E-state index is 0.103. The molecule has 0 spiro atoms. The van der Waals surface area contributed by atoms with Gasteiger partial charge in [0.05, 0.1) is 130 Å². The van der Waals surface area contributed by atoms with Crippen molar-refractivity contribution in [1.82, 2.24) is 9.80 Å². The molecule has 0 amide bonds. The average molecular weight is 893 g/mol. The van der Waals surface area contributed by atoms with Gasteiger partial charge in [-0.25, -0.2) is 0 Å². The highest BCUT2D eigenvalue weighted by molar-refractivity contribution is 5.71. The Morgan fingerprint density at radius 3 is 0.742 bits per heavy atom. The van der Waals surface area contributed by atoms with Gasteiger partial charge in [0, 0.05) is 39.3 Å². The van der Waals surface area contributed by atoms with Crippen LogP contribution < -0.4 is 0 Å². The standard InChI is InChI=1S/C42H72N2O18/c1-5-49-21-25-55-31-35-59-39(45)9-13-43(14-10-40(46)60-36-32-56-26-22-50-6-2)17-19-53-29-30-54-20-18-44(15-11-41(47)61-37-33-57-27-23-51-7-3)16-12-42(48)62-38-34-58-28-24-52-8-4/h5-8H,1-4,9-38H2. The molecule has 0 rings (SSSR count). The lowest BCUT2D eigenvalue weighted by molar-refractivity contribution is -0.147. The Labute approximate surface area is 367 Å². The smallest absolute Gasteiger partial charge is 0.307 e. The quantitative estimate of drug-likeness (QED) is 0.0371. The van der Waals surface area contributed by atoms with Crippen molar-refractivity contribution in [3.63, 3.8) is 0 Å². The van der Waals surface area contributed by atoms with Gasteiger partial charge < -0.3 is 66.3 Å². The number of hydrogen-bond donors (Lipinski definition) is 0. The van der Waals surface area contributed by atoms with Crippen LogP contribution in [0.5, 0.6) is 0 Å². The van der Waals surface area contributed by atoms with E-state index in [9.17, 15) is 19.2 Å². The van der Waals surface area contributed by atoms with Crippen molar-refractivity contribution in [3.8, 4) is 0 Å². The second-order valence-corrected chi connectivity index (χ2v) is 12.4. The second-order valence-electron chi connectivity index (χ2n) is 12.4. The zero-order valence-corrected chi connectivity index (χ0v) is 36.6. The van der Waals surface area contributed by atoms with E-state index in [1.807, 2.05) is 9.80 Å². The molecule has 0 aliphatic rings. The monoisotopic (exact) mass is 892 g/mol. The summed E-state index contributed by atoms with van der Waals surface area (Å²) in [5.41, 5.74) is 0. The van der Waals surface area contributed by atoms with E-state index in [4.69, 9.17) is 66.3 Å². The van der Waals surface area contributed by atoms with Crippen LogP contribution in [0, 0.1) is 0 Å². The summed E-state index contributed by atoms with van der Waals surface area (Å²) in [5.74, 6) is -1.59. The molecule has 20 heteroatoms. The van der Waals surface area contributed by atoms with Gasteiger partial charge in [-0.2, -0.15) is 0 Å². The molecule has 20 nitrogen and oxygen atoms in total. The number of rotatable bonds is 49. The van der Waals surface area contributed by atoms with Gasteiger partial charge in [-0.3, -0.25) is 29.0 Å². The van der Waals surface area contributed by atoms with E-state index in [0.29, 0.717) is 105 Å². The first-order chi connectivity index (χ1) is 30.4. The Kier molecular flexibility index (Phi) is 43.0. The molecule has 0 N–H and O–H groups in total. The predicted octanol–water partition coefficient (Wildman–Crippen LogP) is 2.06. The van der Waals surface area contributed by atoms with Crippen LogP contribution in [0.15, 0.2) is 51.4 Å². The lowest BCUT2D eigenvalue weighted by atomic mass is 10.3. The molecular formula is C42H72N2O18. The van der Waals surface area contributed by atoms with E-state index in [1.165, 1.54) is 25.0 Å². The van der Waals surface area contributed by atoms with Gasteiger partial charge >= 0.3 is 23.9 Å². The fourth-order valence-corrected chi connectivity index (χ4v) is 4.69. The minimum atomic E-state index is -0.398. The predicted molar refractivity (Wildman–Crippen MR) is 225 cm³/mol. The summed E-state index contributed by atoms with van der Waals surface area (Å²) >= 11 is 0. The zero-order chi connectivity index (χ0) is 45.4. The van der Waals surface area contributed by atoms with Gasteiger partial charge in [-0.1, -0.05) is 26.3 Å². The molecule has 0 radical (unpaired) electrons. The van der Waals surface area contributed by atoms with Crippen molar-refractivity contribution in [3.05, 3.63) is 51.4 Å². The highest BCUT2D eigenvalue weighted by Crippen LogP contribution is 2.02. The Morgan fingerprint density at radius 1 is 0.290 bits per heavy atom. The molecule has 0 aliphatic carbocycles. The topological polar surface area (TPSA) is 204 Å². The van der Waals surface area contributed by atoms with E-state index in [2.05, 4.69) is 26.3 Å². The van der Waals surface area contributed by atoms with E-state index in [1.54, 1.807) is 0 Å². The zero-order valence-electron chi connectivity index (χ0n) is 36.6. The van der Waals surface area contributed by atoms with Crippen LogP contribution in [0.2, 0.25) is 0 Å². The van der Waals surface area contributed by atoms with E-state index >= 15 is 0 Å². The van der Waals surface area contributed by atoms with Crippen molar-refractivity contribution < 1.29 is 85.5 Å². The summed E-state index contributed by atoms with van der Waals surface area (Å²) in [5, 5.41) is 0. The fraction of sp³-hybridized carbons (Fsp3) is 0.714. The summed E-state index contributed by atoms with van der Waals surface area (Å²) in [6.07, 6.45) is 5.71. The van der Waals surface area contributed by atoms with Crippen LogP contribution in [0.3, 0.4) is 0 Å². The van der Waals surface area contributed by atoms with Gasteiger partial charge in [0.15, 0.2) is 0 Å². The van der Waals surface area contributed by atoms with E-state index in [-0.39, 0.29) is 91.8 Å². The summed E-state index contributed by atoms with van der Waals surface area (Å²) in [7, 11) is 0. The summed E-state index contributed by atoms with van der Waals surface area (Å²) in [6.45, 7) is 21.4. The van der Waals surface area contributed by atoms with Gasteiger partial charge in [0.25, 0.3) is 0 Å². The van der Waals surface area contributed by atoms with Crippen molar-refractivity contribution in [2.75, 3.05) is 171 Å². The maximum Gasteiger partial charge on any atom is 0.307 e. The second kappa shape index (κ2) is 46.2. The summed E-state index contributed by atoms with van der Waals surface area (Å²) in [6, 6.07) is 0. The Bertz CT molecular complexity index is 985. The van der Waals surface area contributed by atoms with Gasteiger partial charge in [-0.05, 0) is 0 Å². The third-order valence-electron chi connectivity index (χ3n) is 7.82. The normalized spacial score (nSPS) is 10.8. The fourth-order valence-electron chi connectivity index (χ4n) is 4.69. The summed E-state index contributed by atoms with van der Waals surface area (Å²) in [4.78, 5) is 53.3. The number of esters is 4. The van der Waals surface area contributed by atoms with E-state index < -0.39 is 23.9 Å². The molecule has 0 aromatic heterocycles. The molecule has 358 valence electrons. The largest absolute Gasteiger partial charge is 0.499 e. The molecule has 0 saturated carbocycles. The Morgan fingerprint density at radius 2 is 0.500 bits per heavy atom.